The number of nitrogen functional groups attached to an aromatic ring is 1. The molecule has 5 heteroatoms. The number of fused-ring (bicyclic) bond motifs is 1. The molecule has 0 spiro atoms. The van der Waals surface area contributed by atoms with Gasteiger partial charge in [0.15, 0.2) is 0 Å². The first kappa shape index (κ1) is 11.9. The fraction of sp³-hybridized carbons (Fsp3) is 0.143. The Hall–Kier alpha value is -2.14. The van der Waals surface area contributed by atoms with Crippen molar-refractivity contribution in [2.24, 2.45) is 0 Å². The number of anilines is 2. The van der Waals surface area contributed by atoms with Gasteiger partial charge in [-0.25, -0.2) is 4.98 Å². The molecule has 0 aliphatic rings. The van der Waals surface area contributed by atoms with E-state index >= 15 is 0 Å². The van der Waals surface area contributed by atoms with Crippen molar-refractivity contribution in [1.82, 2.24) is 9.97 Å². The summed E-state index contributed by atoms with van der Waals surface area (Å²) in [6, 6.07) is 7.78. The van der Waals surface area contributed by atoms with Crippen LogP contribution in [0.15, 0.2) is 41.4 Å². The highest BCUT2D eigenvalue weighted by Crippen LogP contribution is 2.23. The first-order valence-electron chi connectivity index (χ1n) is 6.08. The number of pyridine rings is 1. The quantitative estimate of drug-likeness (QED) is 0.715. The van der Waals surface area contributed by atoms with Gasteiger partial charge in [-0.15, -0.1) is 11.3 Å². The summed E-state index contributed by atoms with van der Waals surface area (Å²) in [7, 11) is 0. The van der Waals surface area contributed by atoms with E-state index in [1.807, 2.05) is 29.8 Å². The highest BCUT2D eigenvalue weighted by Gasteiger charge is 2.02. The lowest BCUT2D eigenvalue weighted by Crippen LogP contribution is -2.05. The lowest BCUT2D eigenvalue weighted by Gasteiger charge is -2.09. The number of benzene rings is 1. The zero-order valence-corrected chi connectivity index (χ0v) is 11.2. The molecule has 0 bridgehead atoms. The van der Waals surface area contributed by atoms with Crippen LogP contribution in [0.5, 0.6) is 0 Å². The van der Waals surface area contributed by atoms with Gasteiger partial charge >= 0.3 is 0 Å². The molecule has 3 aromatic rings. The summed E-state index contributed by atoms with van der Waals surface area (Å²) in [4.78, 5) is 8.60. The second-order valence-electron chi connectivity index (χ2n) is 4.29. The van der Waals surface area contributed by atoms with Crippen LogP contribution in [-0.2, 0) is 6.42 Å². The molecule has 0 unspecified atom stereocenters. The van der Waals surface area contributed by atoms with Crippen LogP contribution in [0.4, 0.5) is 11.4 Å². The lowest BCUT2D eigenvalue weighted by atomic mass is 10.1. The fourth-order valence-corrected chi connectivity index (χ4v) is 2.60. The van der Waals surface area contributed by atoms with Gasteiger partial charge in [0.2, 0.25) is 0 Å². The average Bonchev–Trinajstić information content (AvgIpc) is 2.92. The van der Waals surface area contributed by atoms with E-state index in [2.05, 4.69) is 20.7 Å². The number of hydrogen-bond acceptors (Lipinski definition) is 5. The molecule has 3 rings (SSSR count). The number of nitrogens with one attached hydrogen (secondary N) is 1. The molecule has 2 aromatic heterocycles. The molecular formula is C14H14N4S. The number of aromatic nitrogens is 2. The maximum Gasteiger partial charge on any atom is 0.0794 e. The lowest BCUT2D eigenvalue weighted by molar-refractivity contribution is 0.978. The number of hydrogen-bond donors (Lipinski definition) is 2. The Morgan fingerprint density at radius 3 is 3.00 bits per heavy atom. The minimum atomic E-state index is 0.736. The summed E-state index contributed by atoms with van der Waals surface area (Å²) in [6.45, 7) is 0.854. The topological polar surface area (TPSA) is 63.8 Å². The highest BCUT2D eigenvalue weighted by molar-refractivity contribution is 7.07. The largest absolute Gasteiger partial charge is 0.399 e. The van der Waals surface area contributed by atoms with Crippen LogP contribution in [0.25, 0.3) is 10.9 Å². The van der Waals surface area contributed by atoms with Crippen molar-refractivity contribution in [2.75, 3.05) is 17.6 Å². The second-order valence-corrected chi connectivity index (χ2v) is 5.01. The first-order valence-corrected chi connectivity index (χ1v) is 7.02. The van der Waals surface area contributed by atoms with E-state index < -0.39 is 0 Å². The second kappa shape index (κ2) is 5.24. The Labute approximate surface area is 115 Å². The summed E-state index contributed by atoms with van der Waals surface area (Å²) in [6.07, 6.45) is 2.72. The minimum Gasteiger partial charge on any atom is -0.399 e. The molecule has 0 saturated heterocycles. The number of nitrogens with two attached hydrogens (primary N) is 1. The number of thiazole rings is 1. The van der Waals surface area contributed by atoms with Crippen LogP contribution in [0, 0.1) is 0 Å². The zero-order valence-electron chi connectivity index (χ0n) is 10.3. The molecular weight excluding hydrogens is 256 g/mol. The Kier molecular flexibility index (Phi) is 3.29. The van der Waals surface area contributed by atoms with Gasteiger partial charge in [-0.1, -0.05) is 0 Å². The third-order valence-electron chi connectivity index (χ3n) is 2.95. The van der Waals surface area contributed by atoms with Gasteiger partial charge in [0, 0.05) is 41.3 Å². The fourth-order valence-electron chi connectivity index (χ4n) is 2.01. The van der Waals surface area contributed by atoms with Crippen LogP contribution in [-0.4, -0.2) is 16.5 Å². The van der Waals surface area contributed by atoms with E-state index in [0.717, 1.165) is 40.9 Å². The van der Waals surface area contributed by atoms with Crippen molar-refractivity contribution >= 4 is 33.6 Å². The van der Waals surface area contributed by atoms with Crippen LogP contribution in [0.1, 0.15) is 5.69 Å². The normalized spacial score (nSPS) is 10.7. The van der Waals surface area contributed by atoms with Crippen LogP contribution in [0.3, 0.4) is 0 Å². The molecule has 1 aromatic carbocycles. The Balaban J connectivity index is 1.77. The van der Waals surface area contributed by atoms with Crippen LogP contribution >= 0.6 is 11.3 Å². The summed E-state index contributed by atoms with van der Waals surface area (Å²) < 4.78 is 0. The Bertz CT molecular complexity index is 679. The molecule has 4 nitrogen and oxygen atoms in total. The number of rotatable bonds is 4. The predicted molar refractivity (Wildman–Crippen MR) is 80.5 cm³/mol. The van der Waals surface area contributed by atoms with E-state index in [-0.39, 0.29) is 0 Å². The minimum absolute atomic E-state index is 0.736. The molecule has 0 radical (unpaired) electrons. The molecule has 0 atom stereocenters. The van der Waals surface area contributed by atoms with Gasteiger partial charge < -0.3 is 11.1 Å². The van der Waals surface area contributed by atoms with Gasteiger partial charge in [-0.2, -0.15) is 0 Å². The Morgan fingerprint density at radius 1 is 1.21 bits per heavy atom. The standard InChI is InChI=1S/C14H14N4S/c15-10-1-2-12-13(4-6-17-14(12)7-10)16-5-3-11-8-19-9-18-11/h1-2,4,6-9H,3,5,15H2,(H,16,17). The van der Waals surface area contributed by atoms with Crippen LogP contribution in [0.2, 0.25) is 0 Å². The molecule has 19 heavy (non-hydrogen) atoms. The molecule has 96 valence electrons. The molecule has 2 heterocycles. The molecule has 0 aliphatic carbocycles. The maximum absolute atomic E-state index is 5.77. The monoisotopic (exact) mass is 270 g/mol. The van der Waals surface area contributed by atoms with Gasteiger partial charge in [0.1, 0.15) is 0 Å². The van der Waals surface area contributed by atoms with E-state index in [0.29, 0.717) is 0 Å². The van der Waals surface area contributed by atoms with E-state index in [4.69, 9.17) is 5.73 Å². The van der Waals surface area contributed by atoms with Crippen molar-refractivity contribution in [3.8, 4) is 0 Å². The first-order chi connectivity index (χ1) is 9.33. The maximum atomic E-state index is 5.77. The zero-order chi connectivity index (χ0) is 13.1. The van der Waals surface area contributed by atoms with Crippen molar-refractivity contribution in [3.05, 3.63) is 47.0 Å². The van der Waals surface area contributed by atoms with Crippen molar-refractivity contribution in [1.29, 1.82) is 0 Å². The molecule has 0 fully saturated rings. The SMILES string of the molecule is Nc1ccc2c(NCCc3cscn3)ccnc2c1. The van der Waals surface area contributed by atoms with Gasteiger partial charge in [-0.3, -0.25) is 4.98 Å². The van der Waals surface area contributed by atoms with Crippen molar-refractivity contribution in [3.63, 3.8) is 0 Å². The smallest absolute Gasteiger partial charge is 0.0794 e. The summed E-state index contributed by atoms with van der Waals surface area (Å²) in [5.74, 6) is 0. The molecule has 0 saturated carbocycles. The van der Waals surface area contributed by atoms with Gasteiger partial charge in [0.25, 0.3) is 0 Å². The molecule has 3 N–H and O–H groups in total. The summed E-state index contributed by atoms with van der Waals surface area (Å²) >= 11 is 1.63. The van der Waals surface area contributed by atoms with E-state index in [1.54, 1.807) is 17.5 Å². The Morgan fingerprint density at radius 2 is 2.16 bits per heavy atom. The van der Waals surface area contributed by atoms with Crippen molar-refractivity contribution in [2.45, 2.75) is 6.42 Å². The number of nitrogens with zero attached hydrogens (tertiary/aromatic N) is 2. The van der Waals surface area contributed by atoms with Crippen molar-refractivity contribution < 1.29 is 0 Å². The highest BCUT2D eigenvalue weighted by atomic mass is 32.1. The molecule has 0 aliphatic heterocycles. The predicted octanol–water partition coefficient (Wildman–Crippen LogP) is 2.93. The third kappa shape index (κ3) is 2.66. The van der Waals surface area contributed by atoms with Gasteiger partial charge in [-0.05, 0) is 24.3 Å². The summed E-state index contributed by atoms with van der Waals surface area (Å²) in [5, 5.41) is 6.60. The molecule has 0 amide bonds. The van der Waals surface area contributed by atoms with E-state index in [1.165, 1.54) is 0 Å². The summed E-state index contributed by atoms with van der Waals surface area (Å²) in [5.41, 5.74) is 11.5. The third-order valence-corrected chi connectivity index (χ3v) is 3.58. The van der Waals surface area contributed by atoms with Crippen LogP contribution < -0.4 is 11.1 Å². The average molecular weight is 270 g/mol. The van der Waals surface area contributed by atoms with Gasteiger partial charge in [0.05, 0.1) is 16.7 Å². The van der Waals surface area contributed by atoms with E-state index in [9.17, 15) is 0 Å².